The monoisotopic (exact) mass is 150 g/mol. The summed E-state index contributed by atoms with van der Waals surface area (Å²) in [4.78, 5) is 0. The van der Waals surface area contributed by atoms with E-state index >= 15 is 0 Å². The van der Waals surface area contributed by atoms with E-state index in [4.69, 9.17) is 0 Å². The fourth-order valence-corrected chi connectivity index (χ4v) is 0. The summed E-state index contributed by atoms with van der Waals surface area (Å²) in [7, 11) is 0. The smallest absolute Gasteiger partial charge is 0.0590 e. The lowest BCUT2D eigenvalue weighted by molar-refractivity contribution is 1.09. The Hall–Kier alpha value is 0. The van der Waals surface area contributed by atoms with Crippen LogP contribution in [0.3, 0.4) is 0 Å². The Morgan fingerprint density at radius 2 is 0.600 bits per heavy atom. The second kappa shape index (κ2) is 576. The van der Waals surface area contributed by atoms with Crippen LogP contribution in [0.4, 0.5) is 0 Å². The van der Waals surface area contributed by atoms with Gasteiger partial charge in [-0.15, -0.1) is 0 Å². The summed E-state index contributed by atoms with van der Waals surface area (Å²) in [6.07, 6.45) is 1.25. The van der Waals surface area contributed by atoms with Gasteiger partial charge in [0.2, 0.25) is 0 Å². The molecule has 0 aliphatic heterocycles. The van der Waals surface area contributed by atoms with E-state index in [9.17, 15) is 0 Å². The van der Waals surface area contributed by atoms with E-state index < -0.39 is 0 Å². The summed E-state index contributed by atoms with van der Waals surface area (Å²) >= 11 is 0. The molecular weight excluding hydrogens is 120 g/mol. The van der Waals surface area contributed by atoms with Gasteiger partial charge in [0.1, 0.15) is 0 Å². The molecule has 0 amide bonds. The van der Waals surface area contributed by atoms with Crippen LogP contribution < -0.4 is 0 Å². The molecule has 0 aliphatic carbocycles. The highest BCUT2D eigenvalue weighted by atomic mass is 13.4. The van der Waals surface area contributed by atoms with Crippen LogP contribution in [0.25, 0.3) is 0 Å². The average molecular weight is 150 g/mol. The Balaban J connectivity index is -0.0000000110. The third-order valence-corrected chi connectivity index (χ3v) is 0. The quantitative estimate of drug-likeness (QED) is 0.449. The molecule has 0 aromatic carbocycles. The molecule has 0 aromatic rings. The van der Waals surface area contributed by atoms with Crippen molar-refractivity contribution in [3.8, 4) is 0 Å². The minimum Gasteiger partial charge on any atom is -0.0776 e. The van der Waals surface area contributed by atoms with Crippen LogP contribution in [0.2, 0.25) is 0 Å². The number of rotatable bonds is 0. The summed E-state index contributed by atoms with van der Waals surface area (Å²) in [6, 6.07) is 0. The van der Waals surface area contributed by atoms with Crippen molar-refractivity contribution in [2.45, 2.75) is 69.2 Å². The molecule has 0 radical (unpaired) electrons. The molecule has 70 valence electrons. The SMILES string of the molecule is C.CC.CC.CC.CCC. The minimum atomic E-state index is 0. The van der Waals surface area contributed by atoms with Crippen LogP contribution in [0.5, 0.6) is 0 Å². The topological polar surface area (TPSA) is 0 Å². The summed E-state index contributed by atoms with van der Waals surface area (Å²) in [5.74, 6) is 0. The van der Waals surface area contributed by atoms with Crippen LogP contribution in [-0.4, -0.2) is 0 Å². The normalized spacial score (nSPS) is 3.60. The largest absolute Gasteiger partial charge is 0.0776 e. The highest BCUT2D eigenvalue weighted by Crippen LogP contribution is 1.56. The van der Waals surface area contributed by atoms with Crippen molar-refractivity contribution in [2.75, 3.05) is 0 Å². The molecule has 0 rings (SSSR count). The third kappa shape index (κ3) is 0. The fourth-order valence-electron chi connectivity index (χ4n) is 0. The standard InChI is InChI=1S/C3H8.3C2H6.CH4/c1-3-2;3*1-2;/h3H2,1-2H3;3*1-2H3;1H4. The van der Waals surface area contributed by atoms with Crippen molar-refractivity contribution in [1.82, 2.24) is 0 Å². The van der Waals surface area contributed by atoms with Crippen molar-refractivity contribution in [2.24, 2.45) is 0 Å². The highest BCUT2D eigenvalue weighted by molar-refractivity contribution is 3.92. The summed E-state index contributed by atoms with van der Waals surface area (Å²) in [6.45, 7) is 16.2. The maximum absolute atomic E-state index is 2.12. The molecule has 0 saturated carbocycles. The maximum atomic E-state index is 2.12. The van der Waals surface area contributed by atoms with Crippen molar-refractivity contribution >= 4 is 0 Å². The molecule has 0 saturated heterocycles. The van der Waals surface area contributed by atoms with Gasteiger partial charge in [0.15, 0.2) is 0 Å². The Morgan fingerprint density at radius 3 is 0.600 bits per heavy atom. The van der Waals surface area contributed by atoms with E-state index in [1.54, 1.807) is 0 Å². The number of hydrogen-bond donors (Lipinski definition) is 0. The van der Waals surface area contributed by atoms with Gasteiger partial charge >= 0.3 is 0 Å². The van der Waals surface area contributed by atoms with Gasteiger partial charge in [-0.25, -0.2) is 0 Å². The molecule has 0 spiro atoms. The molecule has 0 N–H and O–H groups in total. The molecule has 10 heavy (non-hydrogen) atoms. The predicted molar refractivity (Wildman–Crippen MR) is 56.7 cm³/mol. The van der Waals surface area contributed by atoms with Crippen LogP contribution in [0, 0.1) is 0 Å². The Kier molecular flexibility index (Phi) is 1870. The van der Waals surface area contributed by atoms with Gasteiger partial charge in [0, 0.05) is 0 Å². The molecule has 0 heteroatoms. The molecule has 0 heterocycles. The predicted octanol–water partition coefficient (Wildman–Crippen LogP) is 5.13. The first-order valence-electron chi connectivity index (χ1n) is 4.41. The minimum absolute atomic E-state index is 0. The second-order valence-electron chi connectivity index (χ2n) is 0.707. The van der Waals surface area contributed by atoms with E-state index in [1.807, 2.05) is 41.5 Å². The molecule has 0 fully saturated rings. The second-order valence-corrected chi connectivity index (χ2v) is 0.707. The van der Waals surface area contributed by atoms with Crippen molar-refractivity contribution < 1.29 is 0 Å². The van der Waals surface area contributed by atoms with Crippen LogP contribution in [-0.2, 0) is 0 Å². The Labute approximate surface area is 70.0 Å². The molecule has 0 aromatic heterocycles. The van der Waals surface area contributed by atoms with Gasteiger partial charge in [-0.3, -0.25) is 0 Å². The molecule has 0 aliphatic rings. The van der Waals surface area contributed by atoms with Crippen LogP contribution in [0.1, 0.15) is 69.2 Å². The van der Waals surface area contributed by atoms with Gasteiger partial charge in [-0.05, 0) is 0 Å². The summed E-state index contributed by atoms with van der Waals surface area (Å²) in [5, 5.41) is 0. The van der Waals surface area contributed by atoms with E-state index in [-0.39, 0.29) is 7.43 Å². The van der Waals surface area contributed by atoms with E-state index in [1.165, 1.54) is 6.42 Å². The molecule has 0 atom stereocenters. The third-order valence-electron chi connectivity index (χ3n) is 0. The van der Waals surface area contributed by atoms with Crippen LogP contribution in [0.15, 0.2) is 0 Å². The van der Waals surface area contributed by atoms with E-state index in [0.29, 0.717) is 0 Å². The lowest BCUT2D eigenvalue weighted by Crippen LogP contribution is -1.27. The first-order valence-corrected chi connectivity index (χ1v) is 4.41. The lowest BCUT2D eigenvalue weighted by atomic mass is 10.6. The highest BCUT2D eigenvalue weighted by Gasteiger charge is 1.35. The first kappa shape index (κ1) is 32.4. The zero-order valence-corrected chi connectivity index (χ0v) is 8.71. The fraction of sp³-hybridized carbons (Fsp3) is 1.00. The average Bonchev–Trinajstić information content (AvgIpc) is 2.01. The van der Waals surface area contributed by atoms with Crippen molar-refractivity contribution in [1.29, 1.82) is 0 Å². The zero-order valence-electron chi connectivity index (χ0n) is 8.71. The molecule has 0 unspecified atom stereocenters. The molecule has 0 bridgehead atoms. The molecule has 0 nitrogen and oxygen atoms in total. The van der Waals surface area contributed by atoms with E-state index in [0.717, 1.165) is 0 Å². The van der Waals surface area contributed by atoms with Gasteiger partial charge in [-0.2, -0.15) is 0 Å². The number of hydrogen-bond acceptors (Lipinski definition) is 0. The van der Waals surface area contributed by atoms with Gasteiger partial charge in [-0.1, -0.05) is 69.2 Å². The first-order chi connectivity index (χ1) is 4.41. The Bertz CT molecular complexity index is 0. The summed E-state index contributed by atoms with van der Waals surface area (Å²) in [5.41, 5.74) is 0. The lowest BCUT2D eigenvalue weighted by Gasteiger charge is -1.48. The van der Waals surface area contributed by atoms with Gasteiger partial charge in [0.05, 0.1) is 0 Å². The van der Waals surface area contributed by atoms with Gasteiger partial charge in [0.25, 0.3) is 0 Å². The summed E-state index contributed by atoms with van der Waals surface area (Å²) < 4.78 is 0. The van der Waals surface area contributed by atoms with Crippen molar-refractivity contribution in [3.63, 3.8) is 0 Å². The Morgan fingerprint density at radius 1 is 0.600 bits per heavy atom. The van der Waals surface area contributed by atoms with Crippen LogP contribution >= 0.6 is 0 Å². The van der Waals surface area contributed by atoms with Gasteiger partial charge < -0.3 is 0 Å². The van der Waals surface area contributed by atoms with Crippen molar-refractivity contribution in [3.05, 3.63) is 0 Å². The maximum Gasteiger partial charge on any atom is -0.0590 e. The van der Waals surface area contributed by atoms with E-state index in [2.05, 4.69) is 13.8 Å². The molecular formula is C10H30. The zero-order chi connectivity index (χ0) is 8.71.